The molecule has 0 radical (unpaired) electrons. The van der Waals surface area contributed by atoms with E-state index in [1.807, 2.05) is 24.3 Å². The van der Waals surface area contributed by atoms with Crippen molar-refractivity contribution in [3.63, 3.8) is 0 Å². The van der Waals surface area contributed by atoms with E-state index in [-0.39, 0.29) is 29.3 Å². The smallest absolute Gasteiger partial charge is 0.274 e. The molecule has 2 bridgehead atoms. The van der Waals surface area contributed by atoms with Gasteiger partial charge in [-0.15, -0.1) is 0 Å². The van der Waals surface area contributed by atoms with Crippen LogP contribution in [0.5, 0.6) is 0 Å². The highest BCUT2D eigenvalue weighted by Gasteiger charge is 2.61. The van der Waals surface area contributed by atoms with Crippen molar-refractivity contribution in [1.29, 1.82) is 0 Å². The first-order valence-corrected chi connectivity index (χ1v) is 11.3. The Morgan fingerprint density at radius 2 is 1.06 bits per heavy atom. The molecular formula is C28H18N2O4. The fourth-order valence-electron chi connectivity index (χ4n) is 6.54. The lowest BCUT2D eigenvalue weighted by molar-refractivity contribution is -0.383. The number of nitro groups is 1. The lowest BCUT2D eigenvalue weighted by Crippen LogP contribution is -2.41. The third kappa shape index (κ3) is 2.25. The van der Waals surface area contributed by atoms with Gasteiger partial charge in [0, 0.05) is 23.3 Å². The van der Waals surface area contributed by atoms with Gasteiger partial charge in [-0.3, -0.25) is 19.7 Å². The fourth-order valence-corrected chi connectivity index (χ4v) is 6.54. The Morgan fingerprint density at radius 1 is 0.618 bits per heavy atom. The van der Waals surface area contributed by atoms with Gasteiger partial charge in [0.05, 0.1) is 27.8 Å². The molecule has 164 valence electrons. The van der Waals surface area contributed by atoms with Crippen LogP contribution in [0.25, 0.3) is 10.8 Å². The number of benzene rings is 4. The zero-order chi connectivity index (χ0) is 23.1. The van der Waals surface area contributed by atoms with E-state index in [0.29, 0.717) is 16.5 Å². The Kier molecular flexibility index (Phi) is 3.73. The number of imide groups is 1. The lowest BCUT2D eigenvalue weighted by atomic mass is 9.55. The topological polar surface area (TPSA) is 80.5 Å². The highest BCUT2D eigenvalue weighted by Crippen LogP contribution is 2.61. The molecule has 1 fully saturated rings. The molecular weight excluding hydrogens is 428 g/mol. The third-order valence-corrected chi connectivity index (χ3v) is 7.76. The van der Waals surface area contributed by atoms with Gasteiger partial charge in [0.15, 0.2) is 0 Å². The normalized spacial score (nSPS) is 24.2. The molecule has 2 atom stereocenters. The second kappa shape index (κ2) is 6.60. The second-order valence-electron chi connectivity index (χ2n) is 9.18. The number of nitrogens with zero attached hydrogens (tertiary/aromatic N) is 2. The van der Waals surface area contributed by atoms with Gasteiger partial charge < -0.3 is 0 Å². The van der Waals surface area contributed by atoms with Crippen molar-refractivity contribution in [1.82, 2.24) is 0 Å². The first kappa shape index (κ1) is 19.2. The van der Waals surface area contributed by atoms with E-state index >= 15 is 0 Å². The van der Waals surface area contributed by atoms with Crippen molar-refractivity contribution < 1.29 is 14.5 Å². The summed E-state index contributed by atoms with van der Waals surface area (Å²) in [6.07, 6.45) is 0. The zero-order valence-electron chi connectivity index (χ0n) is 17.9. The van der Waals surface area contributed by atoms with E-state index in [9.17, 15) is 19.7 Å². The predicted molar refractivity (Wildman–Crippen MR) is 127 cm³/mol. The van der Waals surface area contributed by atoms with Gasteiger partial charge in [0.1, 0.15) is 0 Å². The van der Waals surface area contributed by atoms with Gasteiger partial charge in [-0.05, 0) is 34.4 Å². The summed E-state index contributed by atoms with van der Waals surface area (Å²) < 4.78 is 0. The summed E-state index contributed by atoms with van der Waals surface area (Å²) in [5.74, 6) is -1.81. The molecule has 8 rings (SSSR count). The van der Waals surface area contributed by atoms with E-state index in [0.717, 1.165) is 22.3 Å². The van der Waals surface area contributed by atoms with Crippen LogP contribution in [0.3, 0.4) is 0 Å². The Morgan fingerprint density at radius 3 is 1.53 bits per heavy atom. The number of non-ortho nitro benzene ring substituents is 1. The number of amides is 2. The Balaban J connectivity index is 1.45. The minimum absolute atomic E-state index is 0.0456. The number of nitro benzene ring substituents is 1. The molecule has 6 heteroatoms. The number of anilines is 1. The fraction of sp³-hybridized carbons (Fsp3) is 0.143. The predicted octanol–water partition coefficient (Wildman–Crippen LogP) is 5.14. The van der Waals surface area contributed by atoms with Crippen LogP contribution in [0.15, 0.2) is 84.9 Å². The number of hydrogen-bond acceptors (Lipinski definition) is 4. The summed E-state index contributed by atoms with van der Waals surface area (Å²) >= 11 is 0. The van der Waals surface area contributed by atoms with Crippen LogP contribution in [0.4, 0.5) is 11.4 Å². The molecule has 0 spiro atoms. The zero-order valence-corrected chi connectivity index (χ0v) is 17.9. The molecule has 3 aliphatic carbocycles. The largest absolute Gasteiger partial charge is 0.277 e. The number of rotatable bonds is 2. The van der Waals surface area contributed by atoms with E-state index in [1.54, 1.807) is 24.3 Å². The van der Waals surface area contributed by atoms with E-state index < -0.39 is 16.8 Å². The lowest BCUT2D eigenvalue weighted by Gasteiger charge is -2.45. The van der Waals surface area contributed by atoms with Gasteiger partial charge in [-0.2, -0.15) is 0 Å². The van der Waals surface area contributed by atoms with Crippen LogP contribution in [0, 0.1) is 22.0 Å². The van der Waals surface area contributed by atoms with Crippen molar-refractivity contribution in [2.75, 3.05) is 4.90 Å². The quantitative estimate of drug-likeness (QED) is 0.242. The number of hydrogen-bond donors (Lipinski definition) is 0. The van der Waals surface area contributed by atoms with Crippen molar-refractivity contribution >= 4 is 34.0 Å². The summed E-state index contributed by atoms with van der Waals surface area (Å²) in [6.45, 7) is 0. The molecule has 0 N–H and O–H groups in total. The van der Waals surface area contributed by atoms with E-state index in [4.69, 9.17) is 0 Å². The Hall–Kier alpha value is -4.32. The van der Waals surface area contributed by atoms with Crippen LogP contribution in [0.2, 0.25) is 0 Å². The second-order valence-corrected chi connectivity index (χ2v) is 9.18. The van der Waals surface area contributed by atoms with Gasteiger partial charge in [0.25, 0.3) is 5.69 Å². The van der Waals surface area contributed by atoms with Gasteiger partial charge in [-0.1, -0.05) is 66.7 Å². The van der Waals surface area contributed by atoms with E-state index in [1.165, 1.54) is 17.0 Å². The van der Waals surface area contributed by atoms with Crippen molar-refractivity contribution in [3.05, 3.63) is 117 Å². The molecule has 34 heavy (non-hydrogen) atoms. The Bertz CT molecular complexity index is 1460. The summed E-state index contributed by atoms with van der Waals surface area (Å²) in [4.78, 5) is 40.4. The van der Waals surface area contributed by atoms with Gasteiger partial charge in [-0.25, -0.2) is 4.90 Å². The van der Waals surface area contributed by atoms with Crippen LogP contribution >= 0.6 is 0 Å². The van der Waals surface area contributed by atoms with Crippen molar-refractivity contribution in [3.8, 4) is 0 Å². The van der Waals surface area contributed by atoms with Gasteiger partial charge >= 0.3 is 0 Å². The molecule has 0 saturated carbocycles. The maximum absolute atomic E-state index is 14.0. The minimum Gasteiger partial charge on any atom is -0.274 e. The third-order valence-electron chi connectivity index (χ3n) is 7.76. The van der Waals surface area contributed by atoms with Crippen LogP contribution < -0.4 is 4.90 Å². The summed E-state index contributed by atoms with van der Waals surface area (Å²) in [5, 5.41) is 12.5. The Labute approximate surface area is 194 Å². The summed E-state index contributed by atoms with van der Waals surface area (Å²) in [6, 6.07) is 26.0. The highest BCUT2D eigenvalue weighted by atomic mass is 16.6. The number of fused-ring (bicyclic) bond motifs is 1. The highest BCUT2D eigenvalue weighted by molar-refractivity contribution is 6.26. The maximum Gasteiger partial charge on any atom is 0.277 e. The molecule has 2 unspecified atom stereocenters. The summed E-state index contributed by atoms with van der Waals surface area (Å²) in [7, 11) is 0. The van der Waals surface area contributed by atoms with Crippen LogP contribution in [-0.2, 0) is 9.59 Å². The SMILES string of the molecule is O=C1C2C3c4ccccc4C(c4ccccc43)C2C(=O)N1c1ccc([N+](=O)[O-])c2ccccc12. The molecule has 1 aliphatic heterocycles. The number of carbonyl (C=O) groups excluding carboxylic acids is 2. The van der Waals surface area contributed by atoms with Gasteiger partial charge in [0.2, 0.25) is 11.8 Å². The monoisotopic (exact) mass is 446 g/mol. The molecule has 2 amide bonds. The number of carbonyl (C=O) groups is 2. The average molecular weight is 446 g/mol. The molecule has 1 heterocycles. The van der Waals surface area contributed by atoms with Crippen molar-refractivity contribution in [2.45, 2.75) is 11.8 Å². The maximum atomic E-state index is 14.0. The molecule has 4 aromatic rings. The molecule has 4 aromatic carbocycles. The molecule has 1 saturated heterocycles. The van der Waals surface area contributed by atoms with Crippen LogP contribution in [0.1, 0.15) is 34.1 Å². The average Bonchev–Trinajstić information content (AvgIpc) is 3.13. The van der Waals surface area contributed by atoms with Crippen molar-refractivity contribution in [2.24, 2.45) is 11.8 Å². The molecule has 4 aliphatic rings. The first-order chi connectivity index (χ1) is 16.6. The summed E-state index contributed by atoms with van der Waals surface area (Å²) in [5.41, 5.74) is 4.83. The molecule has 6 nitrogen and oxygen atoms in total. The standard InChI is InChI=1S/C28H18N2O4/c31-27-25-23-17-9-3-4-10-18(17)24(20-12-6-5-11-19(20)23)26(25)28(32)29(27)21-13-14-22(30(33)34)16-8-2-1-7-15(16)21/h1-14,23-26H. The molecule has 0 aromatic heterocycles. The first-order valence-electron chi connectivity index (χ1n) is 11.3. The minimum atomic E-state index is -0.490. The van der Waals surface area contributed by atoms with E-state index in [2.05, 4.69) is 24.3 Å². The van der Waals surface area contributed by atoms with Crippen LogP contribution in [-0.4, -0.2) is 16.7 Å².